The molecule has 0 aliphatic carbocycles. The molecule has 0 N–H and O–H groups in total. The van der Waals surface area contributed by atoms with Gasteiger partial charge in [0.15, 0.2) is 11.6 Å². The zero-order valence-corrected chi connectivity index (χ0v) is 12.6. The largest absolute Gasteiger partial charge is 0.434 e. The van der Waals surface area contributed by atoms with Gasteiger partial charge in [0.05, 0.1) is 0 Å². The molecule has 0 saturated heterocycles. The highest BCUT2D eigenvalue weighted by Crippen LogP contribution is 2.32. The van der Waals surface area contributed by atoms with Gasteiger partial charge in [0.2, 0.25) is 11.7 Å². The second-order valence-corrected chi connectivity index (χ2v) is 7.00. The Hall–Kier alpha value is -1.25. The number of rotatable bonds is 3. The van der Waals surface area contributed by atoms with Gasteiger partial charge in [0, 0.05) is 21.4 Å². The number of benzene rings is 1. The van der Waals surface area contributed by atoms with Gasteiger partial charge in [0.1, 0.15) is 4.90 Å². The molecule has 1 aromatic carbocycles. The van der Waals surface area contributed by atoms with Gasteiger partial charge >= 0.3 is 0 Å². The van der Waals surface area contributed by atoms with Gasteiger partial charge in [-0.2, -0.15) is 4.39 Å². The molecule has 1 aromatic heterocycles. The van der Waals surface area contributed by atoms with Crippen molar-refractivity contribution in [3.8, 4) is 11.6 Å². The first-order valence-electron chi connectivity index (χ1n) is 5.01. The van der Waals surface area contributed by atoms with Crippen molar-refractivity contribution in [1.82, 2.24) is 4.98 Å². The van der Waals surface area contributed by atoms with Crippen molar-refractivity contribution in [2.75, 3.05) is 0 Å². The summed E-state index contributed by atoms with van der Waals surface area (Å²) in [5.41, 5.74) is 0. The molecule has 2 aromatic rings. The summed E-state index contributed by atoms with van der Waals surface area (Å²) in [7, 11) is 1.08. The van der Waals surface area contributed by atoms with Gasteiger partial charge in [-0.3, -0.25) is 0 Å². The second kappa shape index (κ2) is 5.63. The maximum Gasteiger partial charge on any atom is 0.266 e. The maximum absolute atomic E-state index is 13.6. The zero-order chi connectivity index (χ0) is 14.9. The molecule has 0 fully saturated rings. The van der Waals surface area contributed by atoms with Crippen LogP contribution in [-0.4, -0.2) is 13.4 Å². The van der Waals surface area contributed by atoms with Crippen LogP contribution < -0.4 is 4.74 Å². The highest BCUT2D eigenvalue weighted by atomic mass is 79.9. The lowest BCUT2D eigenvalue weighted by molar-refractivity contribution is 0.396. The fraction of sp³-hybridized carbons (Fsp3) is 0. The van der Waals surface area contributed by atoms with Crippen molar-refractivity contribution in [3.05, 3.63) is 46.6 Å². The molecular weight excluding hydrogens is 380 g/mol. The number of hydrogen-bond acceptors (Lipinski definition) is 4. The first-order chi connectivity index (χ1) is 9.29. The molecular formula is C11H5BrClF2NO3S. The van der Waals surface area contributed by atoms with E-state index in [0.29, 0.717) is 0 Å². The summed E-state index contributed by atoms with van der Waals surface area (Å²) < 4.78 is 54.7. The van der Waals surface area contributed by atoms with Crippen LogP contribution in [-0.2, 0) is 9.05 Å². The first kappa shape index (κ1) is 15.1. The van der Waals surface area contributed by atoms with Crippen LogP contribution in [0, 0.1) is 11.6 Å². The lowest BCUT2D eigenvalue weighted by Crippen LogP contribution is -2.00. The van der Waals surface area contributed by atoms with E-state index in [1.807, 2.05) is 0 Å². The lowest BCUT2D eigenvalue weighted by atomic mass is 10.3. The molecule has 2 rings (SSSR count). The molecule has 20 heavy (non-hydrogen) atoms. The number of nitrogens with zero attached hydrogens (tertiary/aromatic N) is 1. The monoisotopic (exact) mass is 383 g/mol. The maximum atomic E-state index is 13.6. The predicted molar refractivity (Wildman–Crippen MR) is 71.4 cm³/mol. The summed E-state index contributed by atoms with van der Waals surface area (Å²) in [6.45, 7) is 0. The third kappa shape index (κ3) is 3.25. The molecule has 0 unspecified atom stereocenters. The molecule has 0 aliphatic rings. The van der Waals surface area contributed by atoms with E-state index in [0.717, 1.165) is 18.2 Å². The fourth-order valence-corrected chi connectivity index (χ4v) is 2.65. The summed E-state index contributed by atoms with van der Waals surface area (Å²) in [4.78, 5) is 3.21. The fourth-order valence-electron chi connectivity index (χ4n) is 1.35. The minimum absolute atomic E-state index is 0.220. The summed E-state index contributed by atoms with van der Waals surface area (Å²) in [6, 6.07) is 4.49. The average Bonchev–Trinajstić information content (AvgIpc) is 2.34. The number of halogens is 4. The molecule has 0 atom stereocenters. The Morgan fingerprint density at radius 2 is 2.00 bits per heavy atom. The van der Waals surface area contributed by atoms with Crippen LogP contribution in [0.3, 0.4) is 0 Å². The van der Waals surface area contributed by atoms with E-state index >= 15 is 0 Å². The summed E-state index contributed by atoms with van der Waals surface area (Å²) >= 11 is 2.97. The number of pyridine rings is 1. The van der Waals surface area contributed by atoms with E-state index in [-0.39, 0.29) is 4.47 Å². The Labute approximate surface area is 125 Å². The van der Waals surface area contributed by atoms with E-state index in [2.05, 4.69) is 20.9 Å². The third-order valence-corrected chi connectivity index (χ3v) is 3.96. The number of ether oxygens (including phenoxy) is 1. The van der Waals surface area contributed by atoms with Crippen LogP contribution in [0.5, 0.6) is 11.6 Å². The minimum atomic E-state index is -4.13. The Bertz CT molecular complexity index is 770. The Balaban J connectivity index is 2.52. The summed E-state index contributed by atoms with van der Waals surface area (Å²) in [5.74, 6) is -3.38. The molecule has 0 bridgehead atoms. The highest BCUT2D eigenvalue weighted by Gasteiger charge is 2.20. The zero-order valence-electron chi connectivity index (χ0n) is 9.48. The van der Waals surface area contributed by atoms with Crippen LogP contribution in [0.2, 0.25) is 0 Å². The number of hydrogen-bond donors (Lipinski definition) is 0. The van der Waals surface area contributed by atoms with Crippen molar-refractivity contribution in [1.29, 1.82) is 0 Å². The normalized spacial score (nSPS) is 11.4. The van der Waals surface area contributed by atoms with Crippen molar-refractivity contribution in [2.45, 2.75) is 4.90 Å². The van der Waals surface area contributed by atoms with Crippen LogP contribution >= 0.6 is 26.6 Å². The van der Waals surface area contributed by atoms with Crippen molar-refractivity contribution >= 4 is 35.7 Å². The van der Waals surface area contributed by atoms with Crippen molar-refractivity contribution in [2.24, 2.45) is 0 Å². The van der Waals surface area contributed by atoms with Crippen LogP contribution in [0.4, 0.5) is 8.78 Å². The smallest absolute Gasteiger partial charge is 0.266 e. The van der Waals surface area contributed by atoms with Crippen LogP contribution in [0.25, 0.3) is 0 Å². The second-order valence-electron chi connectivity index (χ2n) is 3.55. The molecule has 4 nitrogen and oxygen atoms in total. The van der Waals surface area contributed by atoms with E-state index in [1.165, 1.54) is 12.3 Å². The Morgan fingerprint density at radius 3 is 2.65 bits per heavy atom. The van der Waals surface area contributed by atoms with Crippen molar-refractivity contribution < 1.29 is 21.9 Å². The molecule has 0 spiro atoms. The first-order valence-corrected chi connectivity index (χ1v) is 8.11. The molecule has 1 heterocycles. The summed E-state index contributed by atoms with van der Waals surface area (Å²) in [5, 5.41) is 0. The van der Waals surface area contributed by atoms with Crippen LogP contribution in [0.15, 0.2) is 39.8 Å². The highest BCUT2D eigenvalue weighted by molar-refractivity contribution is 9.10. The van der Waals surface area contributed by atoms with Gasteiger partial charge in [-0.25, -0.2) is 17.8 Å². The molecule has 0 amide bonds. The molecule has 0 radical (unpaired) electrons. The topological polar surface area (TPSA) is 56.3 Å². The predicted octanol–water partition coefficient (Wildman–Crippen LogP) is 3.84. The third-order valence-electron chi connectivity index (χ3n) is 2.17. The van der Waals surface area contributed by atoms with Gasteiger partial charge < -0.3 is 4.74 Å². The quantitative estimate of drug-likeness (QED) is 0.596. The molecule has 9 heteroatoms. The Morgan fingerprint density at radius 1 is 1.30 bits per heavy atom. The van der Waals surface area contributed by atoms with E-state index in [1.54, 1.807) is 0 Å². The van der Waals surface area contributed by atoms with Crippen molar-refractivity contribution in [3.63, 3.8) is 0 Å². The summed E-state index contributed by atoms with van der Waals surface area (Å²) in [6.07, 6.45) is 1.23. The number of aromatic nitrogens is 1. The minimum Gasteiger partial charge on any atom is -0.434 e. The molecule has 106 valence electrons. The SMILES string of the molecule is O=S(=O)(Cl)c1cccnc1Oc1cc(Br)cc(F)c1F. The van der Waals surface area contributed by atoms with Gasteiger partial charge in [-0.15, -0.1) is 0 Å². The lowest BCUT2D eigenvalue weighted by Gasteiger charge is -2.09. The van der Waals surface area contributed by atoms with Crippen LogP contribution in [0.1, 0.15) is 0 Å². The van der Waals surface area contributed by atoms with E-state index in [4.69, 9.17) is 15.4 Å². The molecule has 0 aliphatic heterocycles. The average molecular weight is 385 g/mol. The standard InChI is InChI=1S/C11H5BrClF2NO3S/c12-6-4-7(14)10(15)8(5-6)19-11-9(20(13,17)18)2-1-3-16-11/h1-5H. The van der Waals surface area contributed by atoms with Gasteiger partial charge in [0.25, 0.3) is 9.05 Å². The van der Waals surface area contributed by atoms with Gasteiger partial charge in [-0.1, -0.05) is 15.9 Å². The van der Waals surface area contributed by atoms with E-state index in [9.17, 15) is 17.2 Å². The Kier molecular flexibility index (Phi) is 4.26. The van der Waals surface area contributed by atoms with E-state index < -0.39 is 37.2 Å². The molecule has 0 saturated carbocycles. The van der Waals surface area contributed by atoms with Gasteiger partial charge in [-0.05, 0) is 24.3 Å².